The Hall–Kier alpha value is -0.160. The van der Waals surface area contributed by atoms with Crippen LogP contribution in [0.2, 0.25) is 0 Å². The molecule has 17 heavy (non-hydrogen) atoms. The van der Waals surface area contributed by atoms with Crippen LogP contribution in [0.15, 0.2) is 0 Å². The summed E-state index contributed by atoms with van der Waals surface area (Å²) in [4.78, 5) is 0. The highest BCUT2D eigenvalue weighted by Gasteiger charge is 2.04. The van der Waals surface area contributed by atoms with Crippen LogP contribution in [0.3, 0.4) is 0 Å². The number of nitrogens with one attached hydrogen (secondary N) is 1. The van der Waals surface area contributed by atoms with Gasteiger partial charge in [-0.25, -0.2) is 0 Å². The summed E-state index contributed by atoms with van der Waals surface area (Å²) < 4.78 is 10.8. The monoisotopic (exact) mass is 247 g/mol. The van der Waals surface area contributed by atoms with Crippen molar-refractivity contribution in [1.29, 1.82) is 0 Å². The number of aliphatic hydroxyl groups is 1. The first-order valence-corrected chi connectivity index (χ1v) is 6.56. The standard InChI is InChI=1S/C13H29NO3/c1-11(2)8-16-6-5-14-7-13(15)10-17-9-12(3)4/h11-15H,5-10H2,1-4H3. The molecule has 104 valence electrons. The van der Waals surface area contributed by atoms with Crippen LogP contribution in [-0.2, 0) is 9.47 Å². The fourth-order valence-corrected chi connectivity index (χ4v) is 1.23. The van der Waals surface area contributed by atoms with Gasteiger partial charge in [-0.15, -0.1) is 0 Å². The van der Waals surface area contributed by atoms with E-state index < -0.39 is 6.10 Å². The molecule has 0 aliphatic heterocycles. The molecule has 0 spiro atoms. The highest BCUT2D eigenvalue weighted by Crippen LogP contribution is 1.94. The lowest BCUT2D eigenvalue weighted by atomic mass is 10.2. The van der Waals surface area contributed by atoms with Crippen molar-refractivity contribution in [2.24, 2.45) is 11.8 Å². The quantitative estimate of drug-likeness (QED) is 0.540. The molecule has 0 aliphatic carbocycles. The fourth-order valence-electron chi connectivity index (χ4n) is 1.23. The van der Waals surface area contributed by atoms with Gasteiger partial charge < -0.3 is 19.9 Å². The zero-order valence-corrected chi connectivity index (χ0v) is 11.7. The van der Waals surface area contributed by atoms with Crippen LogP contribution in [0.1, 0.15) is 27.7 Å². The van der Waals surface area contributed by atoms with E-state index in [0.717, 1.165) is 13.2 Å². The van der Waals surface area contributed by atoms with Gasteiger partial charge >= 0.3 is 0 Å². The van der Waals surface area contributed by atoms with E-state index in [0.29, 0.717) is 38.2 Å². The number of rotatable bonds is 11. The molecule has 0 saturated heterocycles. The first-order valence-electron chi connectivity index (χ1n) is 6.56. The van der Waals surface area contributed by atoms with E-state index in [2.05, 4.69) is 33.0 Å². The van der Waals surface area contributed by atoms with Crippen LogP contribution < -0.4 is 5.32 Å². The van der Waals surface area contributed by atoms with E-state index in [1.807, 2.05) is 0 Å². The van der Waals surface area contributed by atoms with E-state index in [1.54, 1.807) is 0 Å². The molecule has 0 saturated carbocycles. The molecule has 0 fully saturated rings. The van der Waals surface area contributed by atoms with Crippen LogP contribution in [0.4, 0.5) is 0 Å². The highest BCUT2D eigenvalue weighted by atomic mass is 16.5. The normalized spacial score (nSPS) is 13.6. The maximum Gasteiger partial charge on any atom is 0.0897 e. The van der Waals surface area contributed by atoms with E-state index in [4.69, 9.17) is 9.47 Å². The van der Waals surface area contributed by atoms with Crippen LogP contribution in [-0.4, -0.2) is 50.7 Å². The van der Waals surface area contributed by atoms with Crippen molar-refractivity contribution in [1.82, 2.24) is 5.32 Å². The van der Waals surface area contributed by atoms with Gasteiger partial charge in [-0.2, -0.15) is 0 Å². The third kappa shape index (κ3) is 13.8. The van der Waals surface area contributed by atoms with Gasteiger partial charge in [-0.3, -0.25) is 0 Å². The largest absolute Gasteiger partial charge is 0.389 e. The van der Waals surface area contributed by atoms with Crippen LogP contribution in [0, 0.1) is 11.8 Å². The molecule has 1 atom stereocenters. The first kappa shape index (κ1) is 16.8. The van der Waals surface area contributed by atoms with Crippen molar-refractivity contribution in [3.8, 4) is 0 Å². The van der Waals surface area contributed by atoms with E-state index in [1.165, 1.54) is 0 Å². The summed E-state index contributed by atoms with van der Waals surface area (Å²) in [5.41, 5.74) is 0. The smallest absolute Gasteiger partial charge is 0.0897 e. The molecular weight excluding hydrogens is 218 g/mol. The summed E-state index contributed by atoms with van der Waals surface area (Å²) in [5.74, 6) is 1.09. The predicted molar refractivity (Wildman–Crippen MR) is 70.2 cm³/mol. The maximum absolute atomic E-state index is 9.58. The minimum atomic E-state index is -0.432. The predicted octanol–water partition coefficient (Wildman–Crippen LogP) is 1.28. The SMILES string of the molecule is CC(C)COCCNCC(O)COCC(C)C. The zero-order chi connectivity index (χ0) is 13.1. The second-order valence-electron chi connectivity index (χ2n) is 5.26. The minimum Gasteiger partial charge on any atom is -0.389 e. The van der Waals surface area contributed by atoms with Gasteiger partial charge in [0, 0.05) is 26.3 Å². The minimum absolute atomic E-state index is 0.401. The lowest BCUT2D eigenvalue weighted by Crippen LogP contribution is -2.33. The van der Waals surface area contributed by atoms with Crippen LogP contribution in [0.25, 0.3) is 0 Å². The summed E-state index contributed by atoms with van der Waals surface area (Å²) >= 11 is 0. The molecule has 0 heterocycles. The summed E-state index contributed by atoms with van der Waals surface area (Å²) in [6, 6.07) is 0. The van der Waals surface area contributed by atoms with E-state index in [-0.39, 0.29) is 0 Å². The van der Waals surface area contributed by atoms with Gasteiger partial charge in [-0.1, -0.05) is 27.7 Å². The Kier molecular flexibility index (Phi) is 10.9. The van der Waals surface area contributed by atoms with Gasteiger partial charge in [-0.05, 0) is 11.8 Å². The summed E-state index contributed by atoms with van der Waals surface area (Å²) in [7, 11) is 0. The Balaban J connectivity index is 3.19. The lowest BCUT2D eigenvalue weighted by Gasteiger charge is -2.13. The third-order valence-electron chi connectivity index (χ3n) is 2.02. The topological polar surface area (TPSA) is 50.7 Å². The van der Waals surface area contributed by atoms with Crippen molar-refractivity contribution in [3.05, 3.63) is 0 Å². The van der Waals surface area contributed by atoms with Crippen molar-refractivity contribution in [2.45, 2.75) is 33.8 Å². The number of ether oxygens (including phenoxy) is 2. The zero-order valence-electron chi connectivity index (χ0n) is 11.7. The second kappa shape index (κ2) is 11.0. The Morgan fingerprint density at radius 3 is 2.12 bits per heavy atom. The Bertz CT molecular complexity index is 163. The molecule has 0 aromatic rings. The molecular formula is C13H29NO3. The summed E-state index contributed by atoms with van der Waals surface area (Å²) in [5, 5.41) is 12.7. The van der Waals surface area contributed by atoms with Gasteiger partial charge in [0.15, 0.2) is 0 Å². The van der Waals surface area contributed by atoms with Gasteiger partial charge in [0.25, 0.3) is 0 Å². The van der Waals surface area contributed by atoms with Crippen molar-refractivity contribution >= 4 is 0 Å². The average Bonchev–Trinajstić information content (AvgIpc) is 2.22. The summed E-state index contributed by atoms with van der Waals surface area (Å²) in [6.07, 6.45) is -0.432. The molecule has 0 aromatic carbocycles. The maximum atomic E-state index is 9.58. The number of aliphatic hydroxyl groups excluding tert-OH is 1. The molecule has 0 aliphatic rings. The van der Waals surface area contributed by atoms with Crippen molar-refractivity contribution in [2.75, 3.05) is 39.5 Å². The van der Waals surface area contributed by atoms with Crippen LogP contribution in [0.5, 0.6) is 0 Å². The third-order valence-corrected chi connectivity index (χ3v) is 2.02. The Morgan fingerprint density at radius 2 is 1.53 bits per heavy atom. The molecule has 4 nitrogen and oxygen atoms in total. The van der Waals surface area contributed by atoms with Crippen molar-refractivity contribution in [3.63, 3.8) is 0 Å². The molecule has 1 unspecified atom stereocenters. The Labute approximate surface area is 106 Å². The van der Waals surface area contributed by atoms with Gasteiger partial charge in [0.2, 0.25) is 0 Å². The van der Waals surface area contributed by atoms with E-state index >= 15 is 0 Å². The molecule has 0 aromatic heterocycles. The molecule has 4 heteroatoms. The van der Waals surface area contributed by atoms with Crippen LogP contribution >= 0.6 is 0 Å². The second-order valence-corrected chi connectivity index (χ2v) is 5.26. The highest BCUT2D eigenvalue weighted by molar-refractivity contribution is 4.58. The van der Waals surface area contributed by atoms with Gasteiger partial charge in [0.05, 0.1) is 19.3 Å². The van der Waals surface area contributed by atoms with Crippen molar-refractivity contribution < 1.29 is 14.6 Å². The average molecular weight is 247 g/mol. The first-order chi connectivity index (χ1) is 8.02. The lowest BCUT2D eigenvalue weighted by molar-refractivity contribution is 0.0249. The molecule has 0 bridgehead atoms. The summed E-state index contributed by atoms with van der Waals surface area (Å²) in [6.45, 7) is 12.4. The van der Waals surface area contributed by atoms with Gasteiger partial charge in [0.1, 0.15) is 0 Å². The molecule has 0 rings (SSSR count). The van der Waals surface area contributed by atoms with E-state index in [9.17, 15) is 5.11 Å². The molecule has 2 N–H and O–H groups in total. The Morgan fingerprint density at radius 1 is 0.941 bits per heavy atom. The molecule has 0 radical (unpaired) electrons. The number of hydrogen-bond donors (Lipinski definition) is 2. The molecule has 0 amide bonds. The number of hydrogen-bond acceptors (Lipinski definition) is 4. The fraction of sp³-hybridized carbons (Fsp3) is 1.00.